The molecule has 0 saturated carbocycles. The van der Waals surface area contributed by atoms with E-state index in [4.69, 9.17) is 4.74 Å². The first-order chi connectivity index (χ1) is 10.7. The van der Waals surface area contributed by atoms with E-state index in [9.17, 15) is 9.59 Å². The monoisotopic (exact) mass is 294 g/mol. The molecule has 0 spiro atoms. The highest BCUT2D eigenvalue weighted by Crippen LogP contribution is 2.24. The summed E-state index contributed by atoms with van der Waals surface area (Å²) in [5, 5.41) is 1.24. The molecule has 5 heteroatoms. The fraction of sp³-hybridized carbons (Fsp3) is 0.0588. The maximum atomic E-state index is 12.5. The highest BCUT2D eigenvalue weighted by atomic mass is 16.5. The van der Waals surface area contributed by atoms with Gasteiger partial charge in [0.1, 0.15) is 11.3 Å². The molecular formula is C17H14N2O3. The minimum Gasteiger partial charge on any atom is -0.496 e. The molecule has 1 heterocycles. The van der Waals surface area contributed by atoms with E-state index in [1.54, 1.807) is 49.6 Å². The number of methoxy groups -OCH3 is 1. The summed E-state index contributed by atoms with van der Waals surface area (Å²) in [5.74, 6) is -0.212. The van der Waals surface area contributed by atoms with Crippen molar-refractivity contribution < 1.29 is 14.3 Å². The number of nitrogens with zero attached hydrogens (tertiary/aromatic N) is 1. The topological polar surface area (TPSA) is 58.6 Å². The van der Waals surface area contributed by atoms with Crippen LogP contribution in [0.2, 0.25) is 0 Å². The number of para-hydroxylation sites is 2. The van der Waals surface area contributed by atoms with Gasteiger partial charge >= 0.3 is 0 Å². The Balaban J connectivity index is 1.97. The van der Waals surface area contributed by atoms with E-state index in [2.05, 4.69) is 5.43 Å². The minimum atomic E-state index is -0.431. The van der Waals surface area contributed by atoms with Gasteiger partial charge in [-0.05, 0) is 24.3 Å². The lowest BCUT2D eigenvalue weighted by Gasteiger charge is -2.13. The molecule has 2 aromatic carbocycles. The summed E-state index contributed by atoms with van der Waals surface area (Å²) in [6, 6.07) is 16.2. The normalized spacial score (nSPS) is 16.0. The molecule has 0 bridgehead atoms. The van der Waals surface area contributed by atoms with Crippen LogP contribution in [-0.4, -0.2) is 18.9 Å². The van der Waals surface area contributed by atoms with Crippen molar-refractivity contribution in [3.63, 3.8) is 0 Å². The maximum absolute atomic E-state index is 12.5. The van der Waals surface area contributed by atoms with E-state index in [1.165, 1.54) is 5.01 Å². The zero-order valence-corrected chi connectivity index (χ0v) is 11.9. The van der Waals surface area contributed by atoms with Gasteiger partial charge in [-0.1, -0.05) is 36.4 Å². The molecule has 0 aromatic heterocycles. The van der Waals surface area contributed by atoms with Crippen LogP contribution in [0, 0.1) is 0 Å². The number of benzene rings is 2. The molecular weight excluding hydrogens is 280 g/mol. The van der Waals surface area contributed by atoms with Gasteiger partial charge in [-0.2, -0.15) is 0 Å². The summed E-state index contributed by atoms with van der Waals surface area (Å²) < 4.78 is 5.24. The van der Waals surface area contributed by atoms with Gasteiger partial charge in [-0.3, -0.25) is 15.0 Å². The summed E-state index contributed by atoms with van der Waals surface area (Å²) in [7, 11) is 1.55. The van der Waals surface area contributed by atoms with Crippen LogP contribution >= 0.6 is 0 Å². The molecule has 3 rings (SSSR count). The molecule has 0 unspecified atom stereocenters. The van der Waals surface area contributed by atoms with Crippen LogP contribution in [0.15, 0.2) is 60.2 Å². The molecule has 1 fully saturated rings. The second-order valence-corrected chi connectivity index (χ2v) is 4.72. The molecule has 1 aliphatic rings. The second kappa shape index (κ2) is 5.73. The predicted molar refractivity (Wildman–Crippen MR) is 83.0 cm³/mol. The quantitative estimate of drug-likeness (QED) is 0.697. The van der Waals surface area contributed by atoms with Gasteiger partial charge in [-0.25, -0.2) is 5.01 Å². The van der Waals surface area contributed by atoms with Crippen molar-refractivity contribution in [2.45, 2.75) is 0 Å². The average Bonchev–Trinajstić information content (AvgIpc) is 2.84. The Hall–Kier alpha value is -3.08. The molecule has 1 N–H and O–H groups in total. The number of amides is 2. The van der Waals surface area contributed by atoms with Crippen molar-refractivity contribution in [2.24, 2.45) is 0 Å². The SMILES string of the molecule is COc1ccccc1/C=C1\C(=O)NN(c2ccccc2)C1=O. The number of rotatable bonds is 3. The van der Waals surface area contributed by atoms with Gasteiger partial charge < -0.3 is 4.74 Å². The van der Waals surface area contributed by atoms with Gasteiger partial charge in [-0.15, -0.1) is 0 Å². The third-order valence-corrected chi connectivity index (χ3v) is 3.34. The Kier molecular flexibility index (Phi) is 3.62. The first kappa shape index (κ1) is 13.9. The minimum absolute atomic E-state index is 0.0772. The van der Waals surface area contributed by atoms with Crippen LogP contribution in [0.5, 0.6) is 5.75 Å². The lowest BCUT2D eigenvalue weighted by Crippen LogP contribution is -2.35. The third kappa shape index (κ3) is 2.44. The van der Waals surface area contributed by atoms with Crippen molar-refractivity contribution in [2.75, 3.05) is 12.1 Å². The van der Waals surface area contributed by atoms with Gasteiger partial charge in [0.15, 0.2) is 0 Å². The number of carbonyl (C=O) groups excluding carboxylic acids is 2. The summed E-state index contributed by atoms with van der Waals surface area (Å²) in [6.07, 6.45) is 1.54. The maximum Gasteiger partial charge on any atom is 0.282 e. The highest BCUT2D eigenvalue weighted by Gasteiger charge is 2.34. The molecule has 2 amide bonds. The van der Waals surface area contributed by atoms with Crippen molar-refractivity contribution in [3.8, 4) is 5.75 Å². The number of nitrogens with one attached hydrogen (secondary N) is 1. The molecule has 0 aliphatic carbocycles. The molecule has 5 nitrogen and oxygen atoms in total. The van der Waals surface area contributed by atoms with E-state index in [1.807, 2.05) is 18.2 Å². The number of carbonyl (C=O) groups is 2. The molecule has 1 aliphatic heterocycles. The molecule has 22 heavy (non-hydrogen) atoms. The van der Waals surface area contributed by atoms with Crippen molar-refractivity contribution in [1.82, 2.24) is 5.43 Å². The first-order valence-electron chi connectivity index (χ1n) is 6.76. The van der Waals surface area contributed by atoms with Gasteiger partial charge in [0.2, 0.25) is 0 Å². The Morgan fingerprint density at radius 2 is 1.68 bits per heavy atom. The molecule has 2 aromatic rings. The smallest absolute Gasteiger partial charge is 0.282 e. The Labute approximate surface area is 127 Å². The van der Waals surface area contributed by atoms with Crippen molar-refractivity contribution >= 4 is 23.6 Å². The number of hydrogen-bond donors (Lipinski definition) is 1. The van der Waals surface area contributed by atoms with Crippen LogP contribution in [0.3, 0.4) is 0 Å². The van der Waals surface area contributed by atoms with E-state index in [0.29, 0.717) is 17.0 Å². The molecule has 0 atom stereocenters. The fourth-order valence-corrected chi connectivity index (χ4v) is 2.26. The number of hydrogen-bond acceptors (Lipinski definition) is 3. The zero-order chi connectivity index (χ0) is 15.5. The Bertz CT molecular complexity index is 754. The molecule has 1 saturated heterocycles. The third-order valence-electron chi connectivity index (χ3n) is 3.34. The number of anilines is 1. The largest absolute Gasteiger partial charge is 0.496 e. The van der Waals surface area contributed by atoms with Crippen LogP contribution in [0.25, 0.3) is 6.08 Å². The second-order valence-electron chi connectivity index (χ2n) is 4.72. The molecule has 110 valence electrons. The van der Waals surface area contributed by atoms with E-state index < -0.39 is 5.91 Å². The van der Waals surface area contributed by atoms with Crippen molar-refractivity contribution in [3.05, 3.63) is 65.7 Å². The van der Waals surface area contributed by atoms with E-state index in [0.717, 1.165) is 0 Å². The van der Waals surface area contributed by atoms with E-state index >= 15 is 0 Å². The van der Waals surface area contributed by atoms with Gasteiger partial charge in [0, 0.05) is 5.56 Å². The lowest BCUT2D eigenvalue weighted by atomic mass is 10.1. The number of hydrazine groups is 1. The average molecular weight is 294 g/mol. The van der Waals surface area contributed by atoms with Gasteiger partial charge in [0.25, 0.3) is 11.8 Å². The Morgan fingerprint density at radius 3 is 2.41 bits per heavy atom. The van der Waals surface area contributed by atoms with Crippen LogP contribution < -0.4 is 15.2 Å². The van der Waals surface area contributed by atoms with Crippen LogP contribution in [-0.2, 0) is 9.59 Å². The van der Waals surface area contributed by atoms with E-state index in [-0.39, 0.29) is 11.5 Å². The fourth-order valence-electron chi connectivity index (χ4n) is 2.26. The summed E-state index contributed by atoms with van der Waals surface area (Å²) in [5.41, 5.74) is 3.93. The van der Waals surface area contributed by atoms with Crippen LogP contribution in [0.4, 0.5) is 5.69 Å². The predicted octanol–water partition coefficient (Wildman–Crippen LogP) is 2.16. The van der Waals surface area contributed by atoms with Crippen LogP contribution in [0.1, 0.15) is 5.56 Å². The summed E-state index contributed by atoms with van der Waals surface area (Å²) >= 11 is 0. The molecule has 0 radical (unpaired) electrons. The summed E-state index contributed by atoms with van der Waals surface area (Å²) in [6.45, 7) is 0. The lowest BCUT2D eigenvalue weighted by molar-refractivity contribution is -0.117. The zero-order valence-electron chi connectivity index (χ0n) is 11.9. The number of ether oxygens (including phenoxy) is 1. The standard InChI is InChI=1S/C17H14N2O3/c1-22-15-10-6-5-7-12(15)11-14-16(20)18-19(17(14)21)13-8-3-2-4-9-13/h2-11H,1H3,(H,18,20)/b14-11+. The Morgan fingerprint density at radius 1 is 1.00 bits per heavy atom. The van der Waals surface area contributed by atoms with Gasteiger partial charge in [0.05, 0.1) is 12.8 Å². The van der Waals surface area contributed by atoms with Crippen molar-refractivity contribution in [1.29, 1.82) is 0 Å². The first-order valence-corrected chi connectivity index (χ1v) is 6.76. The summed E-state index contributed by atoms with van der Waals surface area (Å²) in [4.78, 5) is 24.5. The highest BCUT2D eigenvalue weighted by molar-refractivity contribution is 6.31.